The van der Waals surface area contributed by atoms with E-state index in [1.54, 1.807) is 6.07 Å². The molecule has 84 valence electrons. The summed E-state index contributed by atoms with van der Waals surface area (Å²) in [5.41, 5.74) is 1.18. The Morgan fingerprint density at radius 1 is 1.20 bits per heavy atom. The summed E-state index contributed by atoms with van der Waals surface area (Å²) in [4.78, 5) is 1.30. The lowest BCUT2D eigenvalue weighted by Crippen LogP contribution is -1.84. The van der Waals surface area contributed by atoms with Gasteiger partial charge in [-0.2, -0.15) is 0 Å². The minimum Gasteiger partial charge on any atom is -0.508 e. The SMILES string of the molecule is CCCCCCSc1ccc(O)cc1C. The van der Waals surface area contributed by atoms with E-state index in [2.05, 4.69) is 6.92 Å². The second-order valence-corrected chi connectivity index (χ2v) is 5.00. The van der Waals surface area contributed by atoms with Crippen LogP contribution in [0.4, 0.5) is 0 Å². The van der Waals surface area contributed by atoms with E-state index in [4.69, 9.17) is 0 Å². The number of phenols is 1. The van der Waals surface area contributed by atoms with Crippen LogP contribution in [0.25, 0.3) is 0 Å². The lowest BCUT2D eigenvalue weighted by atomic mass is 10.2. The molecule has 15 heavy (non-hydrogen) atoms. The first-order valence-electron chi connectivity index (χ1n) is 5.66. The van der Waals surface area contributed by atoms with Gasteiger partial charge in [-0.05, 0) is 42.9 Å². The standard InChI is InChI=1S/C13H20OS/c1-3-4-5-6-9-15-13-8-7-12(14)10-11(13)2/h7-8,10,14H,3-6,9H2,1-2H3. The van der Waals surface area contributed by atoms with Crippen molar-refractivity contribution in [2.24, 2.45) is 0 Å². The van der Waals surface area contributed by atoms with Gasteiger partial charge in [-0.25, -0.2) is 0 Å². The van der Waals surface area contributed by atoms with Crippen LogP contribution >= 0.6 is 11.8 Å². The monoisotopic (exact) mass is 224 g/mol. The molecule has 0 bridgehead atoms. The summed E-state index contributed by atoms with van der Waals surface area (Å²) in [6.45, 7) is 4.28. The van der Waals surface area contributed by atoms with Gasteiger partial charge in [0.2, 0.25) is 0 Å². The van der Waals surface area contributed by atoms with Crippen LogP contribution in [0.1, 0.15) is 38.2 Å². The molecule has 0 atom stereocenters. The molecule has 0 fully saturated rings. The number of phenolic OH excluding ortho intramolecular Hbond substituents is 1. The van der Waals surface area contributed by atoms with E-state index in [9.17, 15) is 5.11 Å². The van der Waals surface area contributed by atoms with Crippen LogP contribution in [0.3, 0.4) is 0 Å². The first-order valence-corrected chi connectivity index (χ1v) is 6.65. The molecular formula is C13H20OS. The fourth-order valence-electron chi connectivity index (χ4n) is 1.51. The highest BCUT2D eigenvalue weighted by atomic mass is 32.2. The zero-order valence-electron chi connectivity index (χ0n) is 9.62. The molecule has 2 heteroatoms. The number of rotatable bonds is 6. The van der Waals surface area contributed by atoms with Gasteiger partial charge in [-0.15, -0.1) is 11.8 Å². The fraction of sp³-hybridized carbons (Fsp3) is 0.538. The molecule has 0 aromatic heterocycles. The zero-order valence-corrected chi connectivity index (χ0v) is 10.4. The molecule has 0 spiro atoms. The summed E-state index contributed by atoms with van der Waals surface area (Å²) in [5.74, 6) is 1.55. The Morgan fingerprint density at radius 3 is 2.67 bits per heavy atom. The van der Waals surface area contributed by atoms with Gasteiger partial charge in [0, 0.05) is 4.90 Å². The summed E-state index contributed by atoms with van der Waals surface area (Å²) >= 11 is 1.90. The lowest BCUT2D eigenvalue weighted by molar-refractivity contribution is 0.474. The van der Waals surface area contributed by atoms with Crippen molar-refractivity contribution in [2.45, 2.75) is 44.4 Å². The number of aryl methyl sites for hydroxylation is 1. The van der Waals surface area contributed by atoms with Gasteiger partial charge in [0.05, 0.1) is 0 Å². The van der Waals surface area contributed by atoms with Crippen LogP contribution in [-0.4, -0.2) is 10.9 Å². The van der Waals surface area contributed by atoms with Crippen LogP contribution in [-0.2, 0) is 0 Å². The maximum Gasteiger partial charge on any atom is 0.115 e. The third kappa shape index (κ3) is 4.61. The number of benzene rings is 1. The highest BCUT2D eigenvalue weighted by Crippen LogP contribution is 2.26. The van der Waals surface area contributed by atoms with Crippen molar-refractivity contribution in [3.63, 3.8) is 0 Å². The molecule has 0 unspecified atom stereocenters. The molecule has 1 nitrogen and oxygen atoms in total. The van der Waals surface area contributed by atoms with E-state index in [-0.39, 0.29) is 0 Å². The van der Waals surface area contributed by atoms with Gasteiger partial charge < -0.3 is 5.11 Å². The Labute approximate surface area is 96.9 Å². The molecule has 0 heterocycles. The Morgan fingerprint density at radius 2 is 2.00 bits per heavy atom. The van der Waals surface area contributed by atoms with Crippen molar-refractivity contribution < 1.29 is 5.11 Å². The maximum atomic E-state index is 9.27. The Hall–Kier alpha value is -0.630. The molecule has 1 aromatic carbocycles. The van der Waals surface area contributed by atoms with Crippen molar-refractivity contribution >= 4 is 11.8 Å². The third-order valence-corrected chi connectivity index (χ3v) is 3.68. The second-order valence-electron chi connectivity index (χ2n) is 3.86. The summed E-state index contributed by atoms with van der Waals surface area (Å²) in [7, 11) is 0. The first-order chi connectivity index (χ1) is 7.24. The average molecular weight is 224 g/mol. The van der Waals surface area contributed by atoms with E-state index in [0.29, 0.717) is 5.75 Å². The topological polar surface area (TPSA) is 20.2 Å². The maximum absolute atomic E-state index is 9.27. The summed E-state index contributed by atoms with van der Waals surface area (Å²) in [5, 5.41) is 9.27. The van der Waals surface area contributed by atoms with Gasteiger partial charge in [0.1, 0.15) is 5.75 Å². The lowest BCUT2D eigenvalue weighted by Gasteiger charge is -2.05. The normalized spacial score (nSPS) is 10.5. The summed E-state index contributed by atoms with van der Waals surface area (Å²) < 4.78 is 0. The quantitative estimate of drug-likeness (QED) is 0.572. The second kappa shape index (κ2) is 6.78. The number of hydrogen-bond acceptors (Lipinski definition) is 2. The van der Waals surface area contributed by atoms with Gasteiger partial charge in [-0.3, -0.25) is 0 Å². The number of unbranched alkanes of at least 4 members (excludes halogenated alkanes) is 3. The van der Waals surface area contributed by atoms with Crippen LogP contribution in [0.2, 0.25) is 0 Å². The van der Waals surface area contributed by atoms with Gasteiger partial charge in [0.15, 0.2) is 0 Å². The highest BCUT2D eigenvalue weighted by molar-refractivity contribution is 7.99. The molecule has 0 saturated carbocycles. The molecular weight excluding hydrogens is 204 g/mol. The van der Waals surface area contributed by atoms with E-state index in [1.807, 2.05) is 30.8 Å². The van der Waals surface area contributed by atoms with Gasteiger partial charge >= 0.3 is 0 Å². The van der Waals surface area contributed by atoms with Crippen LogP contribution in [0, 0.1) is 6.92 Å². The van der Waals surface area contributed by atoms with Gasteiger partial charge in [-0.1, -0.05) is 26.2 Å². The minimum atomic E-state index is 0.364. The molecule has 0 amide bonds. The smallest absolute Gasteiger partial charge is 0.115 e. The third-order valence-electron chi connectivity index (χ3n) is 2.41. The van der Waals surface area contributed by atoms with Crippen molar-refractivity contribution in [3.05, 3.63) is 23.8 Å². The molecule has 0 aliphatic carbocycles. The molecule has 1 rings (SSSR count). The summed E-state index contributed by atoms with van der Waals surface area (Å²) in [6.07, 6.45) is 5.26. The molecule has 1 N–H and O–H groups in total. The van der Waals surface area contributed by atoms with Crippen LogP contribution in [0.15, 0.2) is 23.1 Å². The first kappa shape index (κ1) is 12.4. The largest absolute Gasteiger partial charge is 0.508 e. The molecule has 0 saturated heterocycles. The highest BCUT2D eigenvalue weighted by Gasteiger charge is 1.99. The Bertz CT molecular complexity index is 297. The molecule has 0 radical (unpaired) electrons. The van der Waals surface area contributed by atoms with Crippen molar-refractivity contribution in [3.8, 4) is 5.75 Å². The predicted octanol–water partition coefficient (Wildman–Crippen LogP) is 4.37. The number of hydrogen-bond donors (Lipinski definition) is 1. The van der Waals surface area contributed by atoms with E-state index < -0.39 is 0 Å². The van der Waals surface area contributed by atoms with Gasteiger partial charge in [0.25, 0.3) is 0 Å². The fourth-order valence-corrected chi connectivity index (χ4v) is 2.53. The summed E-state index contributed by atoms with van der Waals surface area (Å²) in [6, 6.07) is 5.60. The van der Waals surface area contributed by atoms with Crippen LogP contribution < -0.4 is 0 Å². The molecule has 1 aromatic rings. The van der Waals surface area contributed by atoms with E-state index in [0.717, 1.165) is 0 Å². The van der Waals surface area contributed by atoms with Crippen molar-refractivity contribution in [1.29, 1.82) is 0 Å². The Balaban J connectivity index is 2.31. The number of aromatic hydroxyl groups is 1. The minimum absolute atomic E-state index is 0.364. The predicted molar refractivity (Wildman–Crippen MR) is 67.7 cm³/mol. The average Bonchev–Trinajstić information content (AvgIpc) is 2.20. The molecule has 0 aliphatic rings. The van der Waals surface area contributed by atoms with Crippen molar-refractivity contribution in [2.75, 3.05) is 5.75 Å². The van der Waals surface area contributed by atoms with E-state index in [1.165, 1.54) is 41.9 Å². The van der Waals surface area contributed by atoms with Crippen LogP contribution in [0.5, 0.6) is 5.75 Å². The van der Waals surface area contributed by atoms with Crippen molar-refractivity contribution in [1.82, 2.24) is 0 Å². The van der Waals surface area contributed by atoms with E-state index >= 15 is 0 Å². The zero-order chi connectivity index (χ0) is 11.1. The Kier molecular flexibility index (Phi) is 5.62. The number of thioether (sulfide) groups is 1. The molecule has 0 aliphatic heterocycles.